The van der Waals surface area contributed by atoms with E-state index in [9.17, 15) is 0 Å². The van der Waals surface area contributed by atoms with Crippen molar-refractivity contribution < 1.29 is 4.42 Å². The Labute approximate surface area is 288 Å². The maximum absolute atomic E-state index is 6.53. The fourth-order valence-corrected chi connectivity index (χ4v) is 7.20. The fraction of sp³-hybridized carbons (Fsp3) is 0. The molecule has 0 saturated heterocycles. The predicted octanol–water partition coefficient (Wildman–Crippen LogP) is 12.1. The average Bonchev–Trinajstić information content (AvgIpc) is 3.75. The highest BCUT2D eigenvalue weighted by molar-refractivity contribution is 6.21. The van der Waals surface area contributed by atoms with Gasteiger partial charge in [0, 0.05) is 43.9 Å². The molecule has 0 radical (unpaired) electrons. The molecule has 50 heavy (non-hydrogen) atoms. The van der Waals surface area contributed by atoms with Crippen LogP contribution >= 0.6 is 0 Å². The van der Waals surface area contributed by atoms with E-state index in [2.05, 4.69) is 132 Å². The van der Waals surface area contributed by atoms with Crippen LogP contribution in [0.3, 0.4) is 0 Å². The molecule has 0 saturated carbocycles. The highest BCUT2D eigenvalue weighted by Gasteiger charge is 2.19. The lowest BCUT2D eigenvalue weighted by Crippen LogP contribution is -1.96. The summed E-state index contributed by atoms with van der Waals surface area (Å²) in [5.74, 6) is 0.704. The van der Waals surface area contributed by atoms with Gasteiger partial charge < -0.3 is 8.98 Å². The van der Waals surface area contributed by atoms with Crippen molar-refractivity contribution >= 4 is 43.7 Å². The smallest absolute Gasteiger partial charge is 0.160 e. The van der Waals surface area contributed by atoms with Gasteiger partial charge in [0.2, 0.25) is 0 Å². The Morgan fingerprint density at radius 1 is 0.400 bits per heavy atom. The minimum Gasteiger partial charge on any atom is -0.454 e. The summed E-state index contributed by atoms with van der Waals surface area (Å²) in [4.78, 5) is 10.0. The van der Waals surface area contributed by atoms with Gasteiger partial charge in [-0.3, -0.25) is 0 Å². The summed E-state index contributed by atoms with van der Waals surface area (Å²) in [5, 5.41) is 4.65. The van der Waals surface area contributed by atoms with Crippen LogP contribution in [-0.2, 0) is 0 Å². The first-order valence-electron chi connectivity index (χ1n) is 16.8. The number of nitrogens with zero attached hydrogens (tertiary/aromatic N) is 3. The van der Waals surface area contributed by atoms with Gasteiger partial charge in [0.1, 0.15) is 5.58 Å². The van der Waals surface area contributed by atoms with Crippen LogP contribution in [0.2, 0.25) is 0 Å². The number of fused-ring (bicyclic) bond motifs is 7. The minimum absolute atomic E-state index is 0.704. The monoisotopic (exact) mass is 639 g/mol. The summed E-state index contributed by atoms with van der Waals surface area (Å²) < 4.78 is 8.87. The number of hydrogen-bond acceptors (Lipinski definition) is 3. The van der Waals surface area contributed by atoms with Gasteiger partial charge >= 0.3 is 0 Å². The van der Waals surface area contributed by atoms with Gasteiger partial charge in [-0.2, -0.15) is 0 Å². The van der Waals surface area contributed by atoms with Gasteiger partial charge in [-0.1, -0.05) is 140 Å². The predicted molar refractivity (Wildman–Crippen MR) is 205 cm³/mol. The molecular formula is C46H29N3O. The van der Waals surface area contributed by atoms with Crippen LogP contribution in [0.1, 0.15) is 0 Å². The van der Waals surface area contributed by atoms with Crippen LogP contribution in [0, 0.1) is 0 Å². The van der Waals surface area contributed by atoms with Crippen molar-refractivity contribution in [3.8, 4) is 50.7 Å². The summed E-state index contributed by atoms with van der Waals surface area (Å²) in [7, 11) is 0. The molecule has 234 valence electrons. The Hall–Kier alpha value is -6.78. The van der Waals surface area contributed by atoms with E-state index in [4.69, 9.17) is 14.4 Å². The highest BCUT2D eigenvalue weighted by atomic mass is 16.3. The molecular weight excluding hydrogens is 611 g/mol. The molecule has 4 heteroatoms. The van der Waals surface area contributed by atoms with E-state index in [0.717, 1.165) is 77.9 Å². The number of hydrogen-bond donors (Lipinski definition) is 0. The lowest BCUT2D eigenvalue weighted by Gasteiger charge is -2.11. The van der Waals surface area contributed by atoms with Crippen molar-refractivity contribution in [3.63, 3.8) is 0 Å². The van der Waals surface area contributed by atoms with E-state index >= 15 is 0 Å². The van der Waals surface area contributed by atoms with Crippen LogP contribution in [0.5, 0.6) is 0 Å². The minimum atomic E-state index is 0.704. The quantitative estimate of drug-likeness (QED) is 0.188. The Morgan fingerprint density at radius 2 is 0.940 bits per heavy atom. The van der Waals surface area contributed by atoms with E-state index in [1.807, 2.05) is 48.5 Å². The molecule has 3 heterocycles. The molecule has 0 aliphatic heterocycles. The van der Waals surface area contributed by atoms with Crippen molar-refractivity contribution in [2.45, 2.75) is 0 Å². The molecule has 4 nitrogen and oxygen atoms in total. The molecule has 7 aromatic carbocycles. The number of aromatic nitrogens is 3. The Bertz CT molecular complexity index is 2770. The van der Waals surface area contributed by atoms with Crippen LogP contribution in [-0.4, -0.2) is 14.5 Å². The number of rotatable bonds is 5. The zero-order valence-electron chi connectivity index (χ0n) is 27.0. The maximum atomic E-state index is 6.53. The SMILES string of the molecule is c1ccc(-c2cc(-c3ccccc3)nc(-c3ccc(-c4ccc(-n5c6ccccc6c6ccc7c8ccccc8oc7c65)cc4)cc3)n2)cc1. The van der Waals surface area contributed by atoms with Crippen LogP contribution in [0.15, 0.2) is 180 Å². The van der Waals surface area contributed by atoms with Crippen molar-refractivity contribution in [1.82, 2.24) is 14.5 Å². The van der Waals surface area contributed by atoms with Gasteiger partial charge in [0.05, 0.1) is 22.4 Å². The second-order valence-electron chi connectivity index (χ2n) is 12.6. The molecule has 0 aliphatic carbocycles. The van der Waals surface area contributed by atoms with E-state index in [-0.39, 0.29) is 0 Å². The van der Waals surface area contributed by atoms with Gasteiger partial charge in [-0.05, 0) is 47.5 Å². The Kier molecular flexibility index (Phi) is 6.46. The molecule has 0 amide bonds. The third-order valence-corrected chi connectivity index (χ3v) is 9.65. The zero-order valence-corrected chi connectivity index (χ0v) is 27.0. The highest BCUT2D eigenvalue weighted by Crippen LogP contribution is 2.40. The molecule has 0 N–H and O–H groups in total. The maximum Gasteiger partial charge on any atom is 0.160 e. The Morgan fingerprint density at radius 3 is 1.62 bits per heavy atom. The van der Waals surface area contributed by atoms with Crippen LogP contribution < -0.4 is 0 Å². The molecule has 0 fully saturated rings. The third-order valence-electron chi connectivity index (χ3n) is 9.65. The second kappa shape index (κ2) is 11.4. The van der Waals surface area contributed by atoms with Crippen LogP contribution in [0.4, 0.5) is 0 Å². The first-order valence-corrected chi connectivity index (χ1v) is 16.8. The summed E-state index contributed by atoms with van der Waals surface area (Å²) in [6.45, 7) is 0. The number of para-hydroxylation sites is 2. The Balaban J connectivity index is 1.04. The van der Waals surface area contributed by atoms with Crippen LogP contribution in [0.25, 0.3) is 94.5 Å². The standard InChI is InChI=1S/C46H29N3O/c1-3-11-32(12-4-1)40-29-41(33-13-5-2-6-14-33)48-46(47-40)34-21-19-30(20-22-34)31-23-25-35(26-24-31)49-42-17-9-7-15-36(42)38-27-28-39-37-16-8-10-18-43(37)50-45(39)44(38)49/h1-29H. The summed E-state index contributed by atoms with van der Waals surface area (Å²) in [6, 6.07) is 61.3. The lowest BCUT2D eigenvalue weighted by molar-refractivity contribution is 0.671. The summed E-state index contributed by atoms with van der Waals surface area (Å²) >= 11 is 0. The molecule has 0 bridgehead atoms. The summed E-state index contributed by atoms with van der Waals surface area (Å²) in [5.41, 5.74) is 12.3. The van der Waals surface area contributed by atoms with Gasteiger partial charge in [-0.25, -0.2) is 9.97 Å². The summed E-state index contributed by atoms with van der Waals surface area (Å²) in [6.07, 6.45) is 0. The molecule has 0 atom stereocenters. The molecule has 0 spiro atoms. The topological polar surface area (TPSA) is 43.9 Å². The molecule has 10 rings (SSSR count). The molecule has 0 unspecified atom stereocenters. The third kappa shape index (κ3) is 4.61. The molecule has 0 aliphatic rings. The zero-order chi connectivity index (χ0) is 33.0. The van der Waals surface area contributed by atoms with E-state index in [0.29, 0.717) is 5.82 Å². The van der Waals surface area contributed by atoms with Crippen molar-refractivity contribution in [1.29, 1.82) is 0 Å². The van der Waals surface area contributed by atoms with Gasteiger partial charge in [0.25, 0.3) is 0 Å². The first kappa shape index (κ1) is 28.3. The first-order chi connectivity index (χ1) is 24.8. The second-order valence-corrected chi connectivity index (χ2v) is 12.6. The van der Waals surface area contributed by atoms with Crippen molar-refractivity contribution in [2.75, 3.05) is 0 Å². The lowest BCUT2D eigenvalue weighted by atomic mass is 10.0. The van der Waals surface area contributed by atoms with E-state index in [1.165, 1.54) is 10.8 Å². The van der Waals surface area contributed by atoms with Crippen molar-refractivity contribution in [2.24, 2.45) is 0 Å². The van der Waals surface area contributed by atoms with E-state index < -0.39 is 0 Å². The average molecular weight is 640 g/mol. The fourth-order valence-electron chi connectivity index (χ4n) is 7.20. The van der Waals surface area contributed by atoms with E-state index in [1.54, 1.807) is 0 Å². The van der Waals surface area contributed by atoms with Crippen molar-refractivity contribution in [3.05, 3.63) is 176 Å². The molecule has 3 aromatic heterocycles. The largest absolute Gasteiger partial charge is 0.454 e. The molecule has 10 aromatic rings. The van der Waals surface area contributed by atoms with Gasteiger partial charge in [0.15, 0.2) is 11.4 Å². The number of benzene rings is 7. The number of furan rings is 1. The van der Waals surface area contributed by atoms with Gasteiger partial charge in [-0.15, -0.1) is 0 Å². The normalized spacial score (nSPS) is 11.6.